The van der Waals surface area contributed by atoms with Crippen molar-refractivity contribution in [1.82, 2.24) is 5.32 Å². The quantitative estimate of drug-likeness (QED) is 0.490. The summed E-state index contributed by atoms with van der Waals surface area (Å²) in [5.74, 6) is 0.706. The minimum Gasteiger partial charge on any atom is -0.478 e. The van der Waals surface area contributed by atoms with Gasteiger partial charge in [0.15, 0.2) is 0 Å². The van der Waals surface area contributed by atoms with Crippen LogP contribution in [-0.4, -0.2) is 34.7 Å². The van der Waals surface area contributed by atoms with E-state index in [-0.39, 0.29) is 12.4 Å². The van der Waals surface area contributed by atoms with Crippen molar-refractivity contribution < 1.29 is 19.8 Å². The van der Waals surface area contributed by atoms with Gasteiger partial charge in [-0.3, -0.25) is 0 Å². The van der Waals surface area contributed by atoms with Crippen LogP contribution < -0.4 is 5.32 Å². The Hall–Kier alpha value is -1.07. The molecule has 1 saturated heterocycles. The predicted octanol–water partition coefficient (Wildman–Crippen LogP) is 5.43. The Labute approximate surface area is 182 Å². The first-order chi connectivity index (χ1) is 13.6. The molecular formula is C23H40ClNO4. The van der Waals surface area contributed by atoms with Gasteiger partial charge < -0.3 is 15.5 Å². The average Bonchev–Trinajstić information content (AvgIpc) is 2.73. The van der Waals surface area contributed by atoms with E-state index >= 15 is 0 Å². The number of piperidine rings is 1. The topological polar surface area (TPSA) is 86.6 Å². The predicted molar refractivity (Wildman–Crippen MR) is 119 cm³/mol. The van der Waals surface area contributed by atoms with E-state index in [1.54, 1.807) is 25.7 Å². The number of halogens is 1. The third-order valence-corrected chi connectivity index (χ3v) is 6.85. The molecule has 3 rings (SSSR count). The Morgan fingerprint density at radius 3 is 1.59 bits per heavy atom. The van der Waals surface area contributed by atoms with Gasteiger partial charge in [0.25, 0.3) is 0 Å². The van der Waals surface area contributed by atoms with Crippen LogP contribution in [0.2, 0.25) is 0 Å². The monoisotopic (exact) mass is 429 g/mol. The molecule has 1 aliphatic heterocycles. The number of hydrogen-bond donors (Lipinski definition) is 3. The van der Waals surface area contributed by atoms with Gasteiger partial charge in [0, 0.05) is 18.2 Å². The summed E-state index contributed by atoms with van der Waals surface area (Å²) in [6, 6.07) is 0.859. The van der Waals surface area contributed by atoms with E-state index in [0.717, 1.165) is 23.8 Å². The molecule has 3 aliphatic rings. The van der Waals surface area contributed by atoms with Crippen LogP contribution in [0.1, 0.15) is 89.9 Å². The number of carboxylic acids is 2. The van der Waals surface area contributed by atoms with Gasteiger partial charge in [-0.25, -0.2) is 9.59 Å². The molecule has 3 fully saturated rings. The van der Waals surface area contributed by atoms with Crippen LogP contribution in [0.5, 0.6) is 0 Å². The van der Waals surface area contributed by atoms with E-state index in [9.17, 15) is 9.59 Å². The van der Waals surface area contributed by atoms with Crippen molar-refractivity contribution in [3.05, 3.63) is 12.2 Å². The maximum atomic E-state index is 9.55. The second kappa shape index (κ2) is 14.8. The van der Waals surface area contributed by atoms with Crippen LogP contribution in [0.3, 0.4) is 0 Å². The van der Waals surface area contributed by atoms with Gasteiger partial charge in [0.2, 0.25) is 0 Å². The smallest absolute Gasteiger partial charge is 0.328 e. The van der Waals surface area contributed by atoms with Crippen molar-refractivity contribution in [2.75, 3.05) is 6.54 Å². The van der Waals surface area contributed by atoms with E-state index in [1.807, 2.05) is 0 Å². The maximum absolute atomic E-state index is 9.55. The first-order valence-corrected chi connectivity index (χ1v) is 11.4. The molecule has 0 spiro atoms. The summed E-state index contributed by atoms with van der Waals surface area (Å²) in [6.07, 6.45) is 22.3. The summed E-state index contributed by atoms with van der Waals surface area (Å²) in [6.45, 7) is 1.28. The van der Waals surface area contributed by atoms with Crippen molar-refractivity contribution in [2.24, 2.45) is 17.8 Å². The van der Waals surface area contributed by atoms with Gasteiger partial charge in [-0.15, -0.1) is 12.4 Å². The lowest BCUT2D eigenvalue weighted by molar-refractivity contribution is -0.134. The van der Waals surface area contributed by atoms with Gasteiger partial charge in [-0.2, -0.15) is 0 Å². The average molecular weight is 430 g/mol. The second-order valence-corrected chi connectivity index (χ2v) is 8.85. The fourth-order valence-corrected chi connectivity index (χ4v) is 5.49. The molecule has 0 radical (unpaired) electrons. The Balaban J connectivity index is 0.000000403. The zero-order valence-electron chi connectivity index (χ0n) is 17.7. The molecule has 168 valence electrons. The Kier molecular flexibility index (Phi) is 13.3. The number of carboxylic acid groups (broad SMARTS) is 2. The molecule has 1 heterocycles. The molecule has 0 aromatic rings. The number of hydrogen-bond acceptors (Lipinski definition) is 3. The first kappa shape index (κ1) is 26.0. The van der Waals surface area contributed by atoms with Gasteiger partial charge in [-0.05, 0) is 43.6 Å². The van der Waals surface area contributed by atoms with Crippen LogP contribution in [-0.2, 0) is 9.59 Å². The fourth-order valence-electron chi connectivity index (χ4n) is 5.49. The second-order valence-electron chi connectivity index (χ2n) is 8.85. The lowest BCUT2D eigenvalue weighted by Gasteiger charge is -2.40. The van der Waals surface area contributed by atoms with Crippen molar-refractivity contribution in [1.29, 1.82) is 0 Å². The van der Waals surface area contributed by atoms with Crippen LogP contribution in [0.15, 0.2) is 12.2 Å². The molecular weight excluding hydrogens is 390 g/mol. The lowest BCUT2D eigenvalue weighted by atomic mass is 9.67. The standard InChI is InChI=1S/C19H35N.C4H4O4.ClH/c1-3-9-16(10-4-1)19(17-11-5-2-6-12-17)15-18-13-7-8-14-20-18;5-3(6)1-2-4(7)8;/h16-20H,1-15H2;1-2H,(H,5,6)(H,7,8);1H/b;2-1+;. The van der Waals surface area contributed by atoms with Crippen molar-refractivity contribution in [3.63, 3.8) is 0 Å². The fraction of sp³-hybridized carbons (Fsp3) is 0.826. The van der Waals surface area contributed by atoms with Gasteiger partial charge >= 0.3 is 11.9 Å². The minimum atomic E-state index is -1.26. The zero-order chi connectivity index (χ0) is 20.2. The molecule has 0 aromatic carbocycles. The largest absolute Gasteiger partial charge is 0.478 e. The molecule has 0 amide bonds. The van der Waals surface area contributed by atoms with Crippen molar-refractivity contribution >= 4 is 24.3 Å². The third kappa shape index (κ3) is 10.5. The molecule has 5 nitrogen and oxygen atoms in total. The number of aliphatic carboxylic acids is 2. The molecule has 0 aromatic heterocycles. The Morgan fingerprint density at radius 1 is 0.759 bits per heavy atom. The summed E-state index contributed by atoms with van der Waals surface area (Å²) in [7, 11) is 0. The molecule has 29 heavy (non-hydrogen) atoms. The molecule has 0 bridgehead atoms. The van der Waals surface area contributed by atoms with Crippen LogP contribution in [0.4, 0.5) is 0 Å². The van der Waals surface area contributed by atoms with E-state index in [4.69, 9.17) is 10.2 Å². The van der Waals surface area contributed by atoms with Crippen molar-refractivity contribution in [2.45, 2.75) is 95.9 Å². The summed E-state index contributed by atoms with van der Waals surface area (Å²) >= 11 is 0. The van der Waals surface area contributed by atoms with Crippen LogP contribution >= 0.6 is 12.4 Å². The molecule has 1 atom stereocenters. The van der Waals surface area contributed by atoms with E-state index < -0.39 is 11.9 Å². The molecule has 1 unspecified atom stereocenters. The van der Waals surface area contributed by atoms with Crippen LogP contribution in [0, 0.1) is 17.8 Å². The highest BCUT2D eigenvalue weighted by Crippen LogP contribution is 2.42. The summed E-state index contributed by atoms with van der Waals surface area (Å²) in [5.41, 5.74) is 0. The molecule has 3 N–H and O–H groups in total. The highest BCUT2D eigenvalue weighted by atomic mass is 35.5. The SMILES string of the molecule is C1CCC(C(CC2CCCCN2)C2CCCCC2)CC1.Cl.O=C(O)/C=C/C(=O)O. The number of carbonyl (C=O) groups is 2. The van der Waals surface area contributed by atoms with Crippen molar-refractivity contribution in [3.8, 4) is 0 Å². The highest BCUT2D eigenvalue weighted by molar-refractivity contribution is 5.89. The Bertz CT molecular complexity index is 459. The summed E-state index contributed by atoms with van der Waals surface area (Å²) in [5, 5.41) is 19.5. The maximum Gasteiger partial charge on any atom is 0.328 e. The minimum absolute atomic E-state index is 0. The number of rotatable bonds is 6. The Morgan fingerprint density at radius 2 is 1.21 bits per heavy atom. The van der Waals surface area contributed by atoms with Gasteiger partial charge in [0.05, 0.1) is 0 Å². The highest BCUT2D eigenvalue weighted by Gasteiger charge is 2.33. The summed E-state index contributed by atoms with van der Waals surface area (Å²) < 4.78 is 0. The van der Waals surface area contributed by atoms with Gasteiger partial charge in [0.1, 0.15) is 0 Å². The number of nitrogens with one attached hydrogen (secondary N) is 1. The molecule has 2 aliphatic carbocycles. The lowest BCUT2D eigenvalue weighted by Crippen LogP contribution is -2.39. The van der Waals surface area contributed by atoms with E-state index in [1.165, 1.54) is 70.8 Å². The summed E-state index contributed by atoms with van der Waals surface area (Å²) in [4.78, 5) is 19.1. The molecule has 6 heteroatoms. The zero-order valence-corrected chi connectivity index (χ0v) is 18.5. The van der Waals surface area contributed by atoms with Crippen LogP contribution in [0.25, 0.3) is 0 Å². The van der Waals surface area contributed by atoms with E-state index in [0.29, 0.717) is 12.2 Å². The normalized spacial score (nSPS) is 23.8. The first-order valence-electron chi connectivity index (χ1n) is 11.4. The van der Waals surface area contributed by atoms with E-state index in [2.05, 4.69) is 5.32 Å². The third-order valence-electron chi connectivity index (χ3n) is 6.85. The van der Waals surface area contributed by atoms with Gasteiger partial charge in [-0.1, -0.05) is 70.6 Å². The molecule has 2 saturated carbocycles.